The number of benzene rings is 1. The van der Waals surface area contributed by atoms with Crippen molar-refractivity contribution in [1.29, 1.82) is 0 Å². The molecule has 1 heterocycles. The Morgan fingerprint density at radius 1 is 1.11 bits per heavy atom. The lowest BCUT2D eigenvalue weighted by molar-refractivity contribution is 0.0954. The number of nitrogens with one attached hydrogen (secondary N) is 3. The molecule has 1 aromatic carbocycles. The van der Waals surface area contributed by atoms with E-state index in [9.17, 15) is 4.79 Å². The van der Waals surface area contributed by atoms with Crippen molar-refractivity contribution in [1.82, 2.24) is 20.9 Å². The van der Waals surface area contributed by atoms with E-state index < -0.39 is 0 Å². The maximum Gasteiger partial charge on any atom is 0.252 e. The van der Waals surface area contributed by atoms with Crippen molar-refractivity contribution in [3.05, 3.63) is 59.9 Å². The van der Waals surface area contributed by atoms with Gasteiger partial charge in [-0.1, -0.05) is 12.1 Å². The third kappa shape index (κ3) is 7.35. The Hall–Kier alpha value is -3.09. The zero-order valence-corrected chi connectivity index (χ0v) is 15.9. The van der Waals surface area contributed by atoms with Crippen molar-refractivity contribution < 1.29 is 9.53 Å². The van der Waals surface area contributed by atoms with Crippen LogP contribution in [0.5, 0.6) is 5.75 Å². The Labute approximate surface area is 160 Å². The van der Waals surface area contributed by atoms with Crippen molar-refractivity contribution in [3.63, 3.8) is 0 Å². The molecule has 0 saturated heterocycles. The van der Waals surface area contributed by atoms with Crippen LogP contribution in [0.2, 0.25) is 0 Å². The zero-order valence-electron chi connectivity index (χ0n) is 15.9. The molecule has 1 amide bonds. The van der Waals surface area contributed by atoms with Gasteiger partial charge in [0.1, 0.15) is 5.75 Å². The number of amides is 1. The first-order valence-electron chi connectivity index (χ1n) is 9.06. The summed E-state index contributed by atoms with van der Waals surface area (Å²) in [5, 5.41) is 9.28. The monoisotopic (exact) mass is 369 g/mol. The molecule has 0 saturated carbocycles. The first kappa shape index (κ1) is 20.2. The number of pyridine rings is 1. The second-order valence-corrected chi connectivity index (χ2v) is 5.78. The van der Waals surface area contributed by atoms with E-state index in [0.717, 1.165) is 24.7 Å². The van der Waals surface area contributed by atoms with Gasteiger partial charge in [0.2, 0.25) is 0 Å². The van der Waals surface area contributed by atoms with Gasteiger partial charge in [0.25, 0.3) is 5.91 Å². The molecule has 0 aliphatic rings. The summed E-state index contributed by atoms with van der Waals surface area (Å²) in [6, 6.07) is 11.5. The highest BCUT2D eigenvalue weighted by atomic mass is 16.5. The van der Waals surface area contributed by atoms with E-state index >= 15 is 0 Å². The first-order valence-corrected chi connectivity index (χ1v) is 9.06. The number of ether oxygens (including phenoxy) is 1. The molecule has 0 radical (unpaired) electrons. The van der Waals surface area contributed by atoms with Gasteiger partial charge in [-0.15, -0.1) is 0 Å². The van der Waals surface area contributed by atoms with Crippen LogP contribution in [0.4, 0.5) is 0 Å². The maximum absolute atomic E-state index is 12.0. The number of carbonyl (C=O) groups is 1. The van der Waals surface area contributed by atoms with Crippen molar-refractivity contribution in [3.8, 4) is 5.75 Å². The van der Waals surface area contributed by atoms with E-state index in [0.29, 0.717) is 25.2 Å². The number of aliphatic imine (C=N–C) groups is 1. The fourth-order valence-corrected chi connectivity index (χ4v) is 2.39. The summed E-state index contributed by atoms with van der Waals surface area (Å²) in [5.74, 6) is 1.46. The van der Waals surface area contributed by atoms with Gasteiger partial charge in [-0.3, -0.25) is 14.8 Å². The van der Waals surface area contributed by atoms with Gasteiger partial charge in [-0.05, 0) is 43.2 Å². The largest absolute Gasteiger partial charge is 0.497 e. The number of methoxy groups -OCH3 is 1. The highest BCUT2D eigenvalue weighted by molar-refractivity contribution is 5.93. The summed E-state index contributed by atoms with van der Waals surface area (Å²) in [4.78, 5) is 20.5. The fourth-order valence-electron chi connectivity index (χ4n) is 2.39. The van der Waals surface area contributed by atoms with Gasteiger partial charge in [0, 0.05) is 38.6 Å². The lowest BCUT2D eigenvalue weighted by Gasteiger charge is -2.12. The molecule has 0 bridgehead atoms. The van der Waals surface area contributed by atoms with Crippen molar-refractivity contribution in [2.45, 2.75) is 13.3 Å². The van der Waals surface area contributed by atoms with Crippen molar-refractivity contribution in [2.75, 3.05) is 33.3 Å². The molecule has 0 atom stereocenters. The molecule has 1 aromatic heterocycles. The van der Waals surface area contributed by atoms with Gasteiger partial charge in [0.05, 0.1) is 12.7 Å². The van der Waals surface area contributed by atoms with Gasteiger partial charge in [-0.25, -0.2) is 0 Å². The fraction of sp³-hybridized carbons (Fsp3) is 0.350. The van der Waals surface area contributed by atoms with E-state index in [1.54, 1.807) is 31.6 Å². The Kier molecular flexibility index (Phi) is 8.62. The van der Waals surface area contributed by atoms with E-state index in [4.69, 9.17) is 4.74 Å². The highest BCUT2D eigenvalue weighted by Crippen LogP contribution is 2.11. The Morgan fingerprint density at radius 3 is 2.56 bits per heavy atom. The smallest absolute Gasteiger partial charge is 0.252 e. The third-order valence-electron chi connectivity index (χ3n) is 3.80. The van der Waals surface area contributed by atoms with Gasteiger partial charge in [0.15, 0.2) is 5.96 Å². The Bertz CT molecular complexity index is 717. The molecule has 0 unspecified atom stereocenters. The lowest BCUT2D eigenvalue weighted by atomic mass is 10.1. The highest BCUT2D eigenvalue weighted by Gasteiger charge is 2.04. The maximum atomic E-state index is 12.0. The van der Waals surface area contributed by atoms with E-state index in [-0.39, 0.29) is 5.91 Å². The molecule has 3 N–H and O–H groups in total. The third-order valence-corrected chi connectivity index (χ3v) is 3.80. The summed E-state index contributed by atoms with van der Waals surface area (Å²) >= 11 is 0. The number of nitrogens with zero attached hydrogens (tertiary/aromatic N) is 2. The van der Waals surface area contributed by atoms with Crippen LogP contribution in [0.1, 0.15) is 22.8 Å². The topological polar surface area (TPSA) is 87.6 Å². The van der Waals surface area contributed by atoms with Crippen molar-refractivity contribution >= 4 is 11.9 Å². The predicted molar refractivity (Wildman–Crippen MR) is 107 cm³/mol. The van der Waals surface area contributed by atoms with Crippen LogP contribution in [0.15, 0.2) is 53.8 Å². The molecule has 2 aromatic rings. The van der Waals surface area contributed by atoms with Gasteiger partial charge in [-0.2, -0.15) is 0 Å². The quantitative estimate of drug-likeness (QED) is 0.355. The van der Waals surface area contributed by atoms with Crippen LogP contribution < -0.4 is 20.7 Å². The van der Waals surface area contributed by atoms with Crippen LogP contribution in [0.3, 0.4) is 0 Å². The molecule has 7 heteroatoms. The molecule has 2 rings (SSSR count). The summed E-state index contributed by atoms with van der Waals surface area (Å²) in [6.45, 7) is 4.54. The SMILES string of the molecule is CCNC(=NCCc1ccc(OC)cc1)NCCNC(=O)c1cccnc1. The number of hydrogen-bond donors (Lipinski definition) is 3. The minimum absolute atomic E-state index is 0.133. The predicted octanol–water partition coefficient (Wildman–Crippen LogP) is 1.62. The Balaban J connectivity index is 1.73. The van der Waals surface area contributed by atoms with Gasteiger partial charge >= 0.3 is 0 Å². The summed E-state index contributed by atoms with van der Waals surface area (Å²) in [7, 11) is 1.66. The second-order valence-electron chi connectivity index (χ2n) is 5.78. The Morgan fingerprint density at radius 2 is 1.89 bits per heavy atom. The first-order chi connectivity index (χ1) is 13.2. The normalized spacial score (nSPS) is 11.0. The molecule has 27 heavy (non-hydrogen) atoms. The van der Waals surface area contributed by atoms with Crippen LogP contribution in [-0.4, -0.2) is 50.1 Å². The number of rotatable bonds is 9. The average molecular weight is 369 g/mol. The van der Waals surface area contributed by atoms with E-state index in [2.05, 4.69) is 25.9 Å². The molecule has 0 spiro atoms. The zero-order chi connectivity index (χ0) is 19.3. The standard InChI is InChI=1S/C20H27N5O2/c1-3-22-20(24-12-10-16-6-8-18(27-2)9-7-16)25-14-13-23-19(26)17-5-4-11-21-15-17/h4-9,11,15H,3,10,12-14H2,1-2H3,(H,23,26)(H2,22,24,25). The van der Waals surface area contributed by atoms with Crippen LogP contribution in [-0.2, 0) is 6.42 Å². The van der Waals surface area contributed by atoms with Crippen molar-refractivity contribution in [2.24, 2.45) is 4.99 Å². The minimum atomic E-state index is -0.133. The van der Waals surface area contributed by atoms with Gasteiger partial charge < -0.3 is 20.7 Å². The summed E-state index contributed by atoms with van der Waals surface area (Å²) in [5.41, 5.74) is 1.76. The van der Waals surface area contributed by atoms with E-state index in [1.165, 1.54) is 5.56 Å². The molecule has 0 aliphatic carbocycles. The summed E-state index contributed by atoms with van der Waals surface area (Å²) < 4.78 is 5.16. The molecular weight excluding hydrogens is 342 g/mol. The van der Waals surface area contributed by atoms with E-state index in [1.807, 2.05) is 31.2 Å². The number of hydrogen-bond acceptors (Lipinski definition) is 4. The van der Waals surface area contributed by atoms with Crippen LogP contribution in [0.25, 0.3) is 0 Å². The summed E-state index contributed by atoms with van der Waals surface area (Å²) in [6.07, 6.45) is 4.04. The average Bonchev–Trinajstić information content (AvgIpc) is 2.72. The molecule has 0 fully saturated rings. The second kappa shape index (κ2) is 11.5. The number of aromatic nitrogens is 1. The molecule has 0 aliphatic heterocycles. The molecule has 144 valence electrons. The molecular formula is C20H27N5O2. The van der Waals surface area contributed by atoms with Crippen LogP contribution in [0, 0.1) is 0 Å². The molecule has 7 nitrogen and oxygen atoms in total. The lowest BCUT2D eigenvalue weighted by Crippen LogP contribution is -2.41. The minimum Gasteiger partial charge on any atom is -0.497 e. The van der Waals surface area contributed by atoms with Crippen LogP contribution >= 0.6 is 0 Å². The number of guanidine groups is 1. The number of carbonyl (C=O) groups excluding carboxylic acids is 1.